The summed E-state index contributed by atoms with van der Waals surface area (Å²) < 4.78 is 26.1. The Balaban J connectivity index is 1.41. The molecule has 188 valence electrons. The van der Waals surface area contributed by atoms with Gasteiger partial charge in [-0.25, -0.2) is 4.39 Å². The van der Waals surface area contributed by atoms with E-state index in [0.29, 0.717) is 44.8 Å². The molecule has 2 amide bonds. The lowest BCUT2D eigenvalue weighted by Crippen LogP contribution is -2.52. The monoisotopic (exact) mass is 547 g/mol. The number of likely N-dealkylation sites (tertiary alicyclic amines) is 1. The molecule has 2 aromatic rings. The van der Waals surface area contributed by atoms with Crippen LogP contribution in [0.25, 0.3) is 0 Å². The van der Waals surface area contributed by atoms with Crippen molar-refractivity contribution < 1.29 is 23.5 Å². The van der Waals surface area contributed by atoms with Gasteiger partial charge in [-0.15, -0.1) is 0 Å². The minimum Gasteiger partial charge on any atom is -0.490 e. The molecular weight excluding hydrogens is 517 g/mol. The van der Waals surface area contributed by atoms with E-state index in [9.17, 15) is 14.0 Å². The zero-order valence-electron chi connectivity index (χ0n) is 19.9. The summed E-state index contributed by atoms with van der Waals surface area (Å²) in [6.45, 7) is 3.87. The highest BCUT2D eigenvalue weighted by Crippen LogP contribution is 2.28. The van der Waals surface area contributed by atoms with Crippen LogP contribution in [0.15, 0.2) is 53.0 Å². The Hall–Kier alpha value is -2.65. The molecule has 2 heterocycles. The van der Waals surface area contributed by atoms with Crippen LogP contribution in [0.2, 0.25) is 0 Å². The number of hydrogen-bond acceptors (Lipinski definition) is 5. The number of rotatable bonds is 7. The largest absolute Gasteiger partial charge is 0.490 e. The molecule has 2 aromatic carbocycles. The van der Waals surface area contributed by atoms with Crippen LogP contribution in [0.1, 0.15) is 12.8 Å². The third-order valence-electron chi connectivity index (χ3n) is 6.55. The predicted octanol–water partition coefficient (Wildman–Crippen LogP) is 3.43. The van der Waals surface area contributed by atoms with Crippen molar-refractivity contribution in [2.24, 2.45) is 5.92 Å². The van der Waals surface area contributed by atoms with Crippen LogP contribution in [0.3, 0.4) is 0 Å². The number of nitrogens with zero attached hydrogens (tertiary/aromatic N) is 3. The summed E-state index contributed by atoms with van der Waals surface area (Å²) >= 11 is 3.47. The number of benzene rings is 2. The topological polar surface area (TPSA) is 62.3 Å². The molecule has 9 heteroatoms. The Morgan fingerprint density at radius 2 is 1.71 bits per heavy atom. The van der Waals surface area contributed by atoms with Gasteiger partial charge in [-0.05, 0) is 37.4 Å². The fraction of sp³-hybridized carbons (Fsp3) is 0.462. The Labute approximate surface area is 213 Å². The quantitative estimate of drug-likeness (QED) is 0.531. The molecule has 0 unspecified atom stereocenters. The number of ether oxygens (including phenoxy) is 2. The second-order valence-corrected chi connectivity index (χ2v) is 10.1. The van der Waals surface area contributed by atoms with Crippen molar-refractivity contribution >= 4 is 27.7 Å². The first-order valence-electron chi connectivity index (χ1n) is 11.9. The van der Waals surface area contributed by atoms with Crippen molar-refractivity contribution in [3.8, 4) is 11.5 Å². The average molecular weight is 548 g/mol. The van der Waals surface area contributed by atoms with Crippen LogP contribution in [-0.4, -0.2) is 85.5 Å². The van der Waals surface area contributed by atoms with Crippen molar-refractivity contribution in [1.82, 2.24) is 14.7 Å². The molecule has 2 aliphatic rings. The summed E-state index contributed by atoms with van der Waals surface area (Å²) in [5.74, 6) is 0.392. The molecule has 0 aliphatic carbocycles. The van der Waals surface area contributed by atoms with E-state index >= 15 is 0 Å². The Morgan fingerprint density at radius 1 is 0.971 bits per heavy atom. The average Bonchev–Trinajstić information content (AvgIpc) is 2.84. The summed E-state index contributed by atoms with van der Waals surface area (Å²) in [5, 5.41) is 0. The molecule has 2 saturated heterocycles. The summed E-state index contributed by atoms with van der Waals surface area (Å²) in [7, 11) is 2.06. The van der Waals surface area contributed by atoms with E-state index in [-0.39, 0.29) is 30.4 Å². The van der Waals surface area contributed by atoms with Gasteiger partial charge in [0, 0.05) is 68.6 Å². The maximum Gasteiger partial charge on any atom is 0.260 e. The van der Waals surface area contributed by atoms with Gasteiger partial charge in [0.2, 0.25) is 5.91 Å². The Bertz CT molecular complexity index is 1030. The van der Waals surface area contributed by atoms with Crippen LogP contribution in [-0.2, 0) is 9.59 Å². The van der Waals surface area contributed by atoms with Gasteiger partial charge >= 0.3 is 0 Å². The molecule has 0 spiro atoms. The lowest BCUT2D eigenvalue weighted by atomic mass is 9.90. The number of amides is 2. The van der Waals surface area contributed by atoms with Crippen molar-refractivity contribution in [3.05, 3.63) is 58.8 Å². The zero-order valence-corrected chi connectivity index (χ0v) is 21.5. The van der Waals surface area contributed by atoms with Crippen molar-refractivity contribution in [2.75, 3.05) is 52.9 Å². The first-order valence-corrected chi connectivity index (χ1v) is 12.7. The van der Waals surface area contributed by atoms with Crippen molar-refractivity contribution in [3.63, 3.8) is 0 Å². The standard InChI is InChI=1S/C26H31BrFN3O4/c1-29-10-12-30(13-11-29)25(32)14-19-17-31(26(33)18-34-22-6-3-5-21(28)16-22)9-8-24(19)35-23-7-2-4-20(27)15-23/h2-7,15-16,19,24H,8-14,17-18H2,1H3/t19-,24-/m0/s1. The summed E-state index contributed by atoms with van der Waals surface area (Å²) in [6.07, 6.45) is 0.740. The summed E-state index contributed by atoms with van der Waals surface area (Å²) in [5.41, 5.74) is 0. The van der Waals surface area contributed by atoms with E-state index in [2.05, 4.69) is 27.9 Å². The summed E-state index contributed by atoms with van der Waals surface area (Å²) in [6, 6.07) is 13.4. The minimum absolute atomic E-state index is 0.0938. The molecule has 2 fully saturated rings. The number of piperazine rings is 1. The fourth-order valence-electron chi connectivity index (χ4n) is 4.51. The van der Waals surface area contributed by atoms with Crippen LogP contribution in [0.4, 0.5) is 4.39 Å². The first-order chi connectivity index (χ1) is 16.9. The molecule has 2 atom stereocenters. The number of likely N-dealkylation sites (N-methyl/N-ethyl adjacent to an activating group) is 1. The lowest BCUT2D eigenvalue weighted by Gasteiger charge is -2.40. The maximum atomic E-state index is 13.4. The summed E-state index contributed by atoms with van der Waals surface area (Å²) in [4.78, 5) is 31.9. The predicted molar refractivity (Wildman–Crippen MR) is 134 cm³/mol. The van der Waals surface area contributed by atoms with Crippen LogP contribution in [0, 0.1) is 11.7 Å². The van der Waals surface area contributed by atoms with E-state index in [4.69, 9.17) is 9.47 Å². The van der Waals surface area contributed by atoms with E-state index in [1.807, 2.05) is 29.2 Å². The Morgan fingerprint density at radius 3 is 2.46 bits per heavy atom. The van der Waals surface area contributed by atoms with Gasteiger partial charge in [0.15, 0.2) is 6.61 Å². The lowest BCUT2D eigenvalue weighted by molar-refractivity contribution is -0.141. The highest BCUT2D eigenvalue weighted by Gasteiger charge is 2.35. The second kappa shape index (κ2) is 11.9. The number of carbonyl (C=O) groups excluding carboxylic acids is 2. The SMILES string of the molecule is CN1CCN(C(=O)C[C@H]2CN(C(=O)COc3cccc(F)c3)CC[C@@H]2Oc2cccc(Br)c2)CC1. The second-order valence-electron chi connectivity index (χ2n) is 9.14. The smallest absolute Gasteiger partial charge is 0.260 e. The third kappa shape index (κ3) is 7.18. The third-order valence-corrected chi connectivity index (χ3v) is 7.04. The fourth-order valence-corrected chi connectivity index (χ4v) is 4.88. The molecule has 2 aliphatic heterocycles. The number of hydrogen-bond donors (Lipinski definition) is 0. The van der Waals surface area contributed by atoms with Crippen molar-refractivity contribution in [1.29, 1.82) is 0 Å². The molecule has 0 aromatic heterocycles. The van der Waals surface area contributed by atoms with E-state index in [0.717, 1.165) is 23.3 Å². The first kappa shape index (κ1) is 25.4. The molecule has 0 N–H and O–H groups in total. The normalized spacial score (nSPS) is 21.0. The van der Waals surface area contributed by atoms with Gasteiger partial charge in [-0.3, -0.25) is 9.59 Å². The van der Waals surface area contributed by atoms with Gasteiger partial charge in [0.1, 0.15) is 23.4 Å². The molecule has 0 radical (unpaired) electrons. The molecule has 35 heavy (non-hydrogen) atoms. The van der Waals surface area contributed by atoms with Gasteiger partial charge in [-0.2, -0.15) is 0 Å². The number of piperidine rings is 1. The minimum atomic E-state index is -0.414. The molecular formula is C26H31BrFN3O4. The van der Waals surface area contributed by atoms with Gasteiger partial charge < -0.3 is 24.2 Å². The van der Waals surface area contributed by atoms with Crippen LogP contribution >= 0.6 is 15.9 Å². The van der Waals surface area contributed by atoms with Crippen LogP contribution in [0.5, 0.6) is 11.5 Å². The van der Waals surface area contributed by atoms with E-state index in [1.165, 1.54) is 12.1 Å². The van der Waals surface area contributed by atoms with Gasteiger partial charge in [0.05, 0.1) is 0 Å². The highest BCUT2D eigenvalue weighted by molar-refractivity contribution is 9.10. The molecule has 0 saturated carbocycles. The van der Waals surface area contributed by atoms with Gasteiger partial charge in [-0.1, -0.05) is 28.1 Å². The molecule has 0 bridgehead atoms. The number of halogens is 2. The van der Waals surface area contributed by atoms with Crippen LogP contribution < -0.4 is 9.47 Å². The number of carbonyl (C=O) groups is 2. The van der Waals surface area contributed by atoms with E-state index in [1.54, 1.807) is 17.0 Å². The molecule has 7 nitrogen and oxygen atoms in total. The Kier molecular flexibility index (Phi) is 8.62. The zero-order chi connectivity index (χ0) is 24.8. The van der Waals surface area contributed by atoms with Crippen molar-refractivity contribution in [2.45, 2.75) is 18.9 Å². The van der Waals surface area contributed by atoms with Gasteiger partial charge in [0.25, 0.3) is 5.91 Å². The molecule has 4 rings (SSSR count). The maximum absolute atomic E-state index is 13.4. The highest BCUT2D eigenvalue weighted by atomic mass is 79.9. The van der Waals surface area contributed by atoms with E-state index < -0.39 is 5.82 Å².